The molecule has 0 aliphatic rings. The Labute approximate surface area is 148 Å². The van der Waals surface area contributed by atoms with Crippen molar-refractivity contribution in [3.05, 3.63) is 39.3 Å². The second-order valence-corrected chi connectivity index (χ2v) is 7.28. The Hall–Kier alpha value is -1.54. The molecule has 130 valence electrons. The second kappa shape index (κ2) is 8.53. The van der Waals surface area contributed by atoms with Gasteiger partial charge in [0.05, 0.1) is 6.04 Å². The maximum atomic E-state index is 12.4. The number of carbonyl (C=O) groups is 1. The Morgan fingerprint density at radius 2 is 2.00 bits per heavy atom. The van der Waals surface area contributed by atoms with E-state index in [1.165, 1.54) is 0 Å². The van der Waals surface area contributed by atoms with Crippen LogP contribution in [-0.2, 0) is 11.2 Å². The number of hydrogen-bond donors (Lipinski definition) is 1. The molecule has 2 aromatic heterocycles. The van der Waals surface area contributed by atoms with Crippen LogP contribution in [0, 0.1) is 13.8 Å². The minimum atomic E-state index is -2.54. The van der Waals surface area contributed by atoms with Crippen LogP contribution in [0.3, 0.4) is 0 Å². The van der Waals surface area contributed by atoms with Crippen LogP contribution in [0.1, 0.15) is 41.2 Å². The molecule has 0 aliphatic heterocycles. The average Bonchev–Trinajstić information content (AvgIpc) is 2.99. The number of nitrogens with one attached hydrogen (secondary N) is 1. The van der Waals surface area contributed by atoms with Crippen molar-refractivity contribution in [2.45, 2.75) is 50.6 Å². The summed E-state index contributed by atoms with van der Waals surface area (Å²) >= 11 is 1.93. The highest BCUT2D eigenvalue weighted by atomic mass is 32.2. The normalized spacial score (nSPS) is 12.4. The molecule has 2 aromatic rings. The lowest BCUT2D eigenvalue weighted by Crippen LogP contribution is -2.26. The Bertz CT molecular complexity index is 670. The fraction of sp³-hybridized carbons (Fsp3) is 0.438. The van der Waals surface area contributed by atoms with Crippen molar-refractivity contribution in [2.75, 3.05) is 0 Å². The molecule has 1 unspecified atom stereocenters. The van der Waals surface area contributed by atoms with Crippen LogP contribution in [0.5, 0.6) is 0 Å². The molecule has 4 nitrogen and oxygen atoms in total. The number of amides is 1. The van der Waals surface area contributed by atoms with Crippen LogP contribution in [0.25, 0.3) is 0 Å². The highest BCUT2D eigenvalue weighted by Gasteiger charge is 2.15. The number of alkyl halides is 2. The molecule has 0 saturated carbocycles. The number of rotatable bonds is 7. The average molecular weight is 371 g/mol. The van der Waals surface area contributed by atoms with E-state index in [1.807, 2.05) is 24.4 Å². The van der Waals surface area contributed by atoms with Gasteiger partial charge in [-0.05, 0) is 56.0 Å². The molecule has 0 radical (unpaired) electrons. The minimum absolute atomic E-state index is 0.0271. The lowest BCUT2D eigenvalue weighted by Gasteiger charge is -2.13. The standard InChI is InChI=1S/C16H19F2N3OS2/c1-9-12(10(2)21-16(20-9)24-15(17)18)6-7-14(22)19-11(3)13-5-4-8-23-13/h4-5,8,11,15H,6-7H2,1-3H3,(H,19,22). The van der Waals surface area contributed by atoms with E-state index >= 15 is 0 Å². The van der Waals surface area contributed by atoms with Crippen molar-refractivity contribution in [1.29, 1.82) is 0 Å². The van der Waals surface area contributed by atoms with Gasteiger partial charge in [0.2, 0.25) is 5.91 Å². The third kappa shape index (κ3) is 5.24. The Kier molecular flexibility index (Phi) is 6.68. The summed E-state index contributed by atoms with van der Waals surface area (Å²) in [5.74, 6) is -2.60. The molecule has 0 fully saturated rings. The smallest absolute Gasteiger partial charge is 0.291 e. The van der Waals surface area contributed by atoms with Crippen molar-refractivity contribution in [3.63, 3.8) is 0 Å². The van der Waals surface area contributed by atoms with Gasteiger partial charge in [0, 0.05) is 22.7 Å². The molecule has 0 saturated heterocycles. The zero-order valence-corrected chi connectivity index (χ0v) is 15.3. The lowest BCUT2D eigenvalue weighted by molar-refractivity contribution is -0.121. The maximum absolute atomic E-state index is 12.4. The highest BCUT2D eigenvalue weighted by Crippen LogP contribution is 2.24. The molecule has 24 heavy (non-hydrogen) atoms. The van der Waals surface area contributed by atoms with Gasteiger partial charge in [0.15, 0.2) is 5.16 Å². The zero-order valence-electron chi connectivity index (χ0n) is 13.7. The fourth-order valence-corrected chi connectivity index (χ4v) is 3.64. The number of carbonyl (C=O) groups excluding carboxylic acids is 1. The molecule has 1 amide bonds. The Morgan fingerprint density at radius 1 is 1.33 bits per heavy atom. The summed E-state index contributed by atoms with van der Waals surface area (Å²) in [5, 5.41) is 5.00. The number of thioether (sulfide) groups is 1. The van der Waals surface area contributed by atoms with Gasteiger partial charge in [-0.15, -0.1) is 11.3 Å². The van der Waals surface area contributed by atoms with Gasteiger partial charge >= 0.3 is 0 Å². The molecular weight excluding hydrogens is 352 g/mol. The molecule has 2 rings (SSSR count). The third-order valence-corrected chi connectivity index (χ3v) is 5.17. The SMILES string of the molecule is Cc1nc(SC(F)F)nc(C)c1CCC(=O)NC(C)c1cccs1. The summed E-state index contributed by atoms with van der Waals surface area (Å²) in [4.78, 5) is 21.4. The van der Waals surface area contributed by atoms with Gasteiger partial charge in [-0.1, -0.05) is 6.07 Å². The molecule has 2 heterocycles. The number of nitrogens with zero attached hydrogens (tertiary/aromatic N) is 2. The van der Waals surface area contributed by atoms with Crippen molar-refractivity contribution in [1.82, 2.24) is 15.3 Å². The quantitative estimate of drug-likeness (QED) is 0.583. The van der Waals surface area contributed by atoms with Crippen molar-refractivity contribution < 1.29 is 13.6 Å². The van der Waals surface area contributed by atoms with Crippen LogP contribution >= 0.6 is 23.1 Å². The first-order valence-electron chi connectivity index (χ1n) is 7.48. The van der Waals surface area contributed by atoms with E-state index < -0.39 is 5.76 Å². The van der Waals surface area contributed by atoms with Crippen LogP contribution in [0.2, 0.25) is 0 Å². The minimum Gasteiger partial charge on any atom is -0.349 e. The molecule has 8 heteroatoms. The summed E-state index contributed by atoms with van der Waals surface area (Å²) in [6, 6.07) is 3.91. The lowest BCUT2D eigenvalue weighted by atomic mass is 10.1. The van der Waals surface area contributed by atoms with Crippen LogP contribution in [0.15, 0.2) is 22.7 Å². The topological polar surface area (TPSA) is 54.9 Å². The maximum Gasteiger partial charge on any atom is 0.291 e. The third-order valence-electron chi connectivity index (χ3n) is 3.54. The summed E-state index contributed by atoms with van der Waals surface area (Å²) < 4.78 is 24.8. The van der Waals surface area contributed by atoms with Gasteiger partial charge < -0.3 is 5.32 Å². The van der Waals surface area contributed by atoms with Gasteiger partial charge in [-0.25, -0.2) is 9.97 Å². The number of hydrogen-bond acceptors (Lipinski definition) is 5. The van der Waals surface area contributed by atoms with E-state index in [2.05, 4.69) is 15.3 Å². The summed E-state index contributed by atoms with van der Waals surface area (Å²) in [6.07, 6.45) is 0.794. The number of halogens is 2. The fourth-order valence-electron chi connectivity index (χ4n) is 2.36. The van der Waals surface area contributed by atoms with E-state index in [0.717, 1.165) is 10.4 Å². The molecule has 1 N–H and O–H groups in total. The predicted octanol–water partition coefficient (Wildman–Crippen LogP) is 4.28. The largest absolute Gasteiger partial charge is 0.349 e. The molecular formula is C16H19F2N3OS2. The van der Waals surface area contributed by atoms with Crippen molar-refractivity contribution in [3.8, 4) is 0 Å². The van der Waals surface area contributed by atoms with Gasteiger partial charge in [0.1, 0.15) is 0 Å². The van der Waals surface area contributed by atoms with Crippen LogP contribution in [-0.4, -0.2) is 21.6 Å². The Morgan fingerprint density at radius 3 is 2.54 bits per heavy atom. The first-order chi connectivity index (χ1) is 11.4. The number of aryl methyl sites for hydroxylation is 2. The van der Waals surface area contributed by atoms with Crippen molar-refractivity contribution in [2.24, 2.45) is 0 Å². The molecule has 0 aliphatic carbocycles. The number of thiophene rings is 1. The highest BCUT2D eigenvalue weighted by molar-refractivity contribution is 7.99. The summed E-state index contributed by atoms with van der Waals surface area (Å²) in [6.45, 7) is 5.46. The second-order valence-electron chi connectivity index (χ2n) is 5.34. The Balaban J connectivity index is 1.95. The van der Waals surface area contributed by atoms with Gasteiger partial charge in [0.25, 0.3) is 5.76 Å². The molecule has 0 spiro atoms. The van der Waals surface area contributed by atoms with E-state index in [-0.39, 0.29) is 17.1 Å². The van der Waals surface area contributed by atoms with E-state index in [0.29, 0.717) is 36.0 Å². The van der Waals surface area contributed by atoms with E-state index in [9.17, 15) is 13.6 Å². The van der Waals surface area contributed by atoms with E-state index in [1.54, 1.807) is 25.2 Å². The van der Waals surface area contributed by atoms with Gasteiger partial charge in [-0.3, -0.25) is 4.79 Å². The summed E-state index contributed by atoms with van der Waals surface area (Å²) in [5.41, 5.74) is 2.13. The first kappa shape index (κ1) is 18.8. The van der Waals surface area contributed by atoms with E-state index in [4.69, 9.17) is 0 Å². The van der Waals surface area contributed by atoms with Gasteiger partial charge in [-0.2, -0.15) is 8.78 Å². The summed E-state index contributed by atoms with van der Waals surface area (Å²) in [7, 11) is 0. The monoisotopic (exact) mass is 371 g/mol. The molecule has 0 bridgehead atoms. The van der Waals surface area contributed by atoms with Crippen LogP contribution in [0.4, 0.5) is 8.78 Å². The predicted molar refractivity (Wildman–Crippen MR) is 92.6 cm³/mol. The zero-order chi connectivity index (χ0) is 17.7. The molecule has 1 atom stereocenters. The van der Waals surface area contributed by atoms with Crippen LogP contribution < -0.4 is 5.32 Å². The first-order valence-corrected chi connectivity index (χ1v) is 9.24. The van der Waals surface area contributed by atoms with Crippen molar-refractivity contribution >= 4 is 29.0 Å². The number of aromatic nitrogens is 2. The molecule has 0 aromatic carbocycles.